The summed E-state index contributed by atoms with van der Waals surface area (Å²) in [5, 5.41) is 0. The van der Waals surface area contributed by atoms with Gasteiger partial charge in [0.15, 0.2) is 0 Å². The largest absolute Gasteiger partial charge is 0.497 e. The molecule has 0 fully saturated rings. The second-order valence-electron chi connectivity index (χ2n) is 8.81. The first-order valence-electron chi connectivity index (χ1n) is 12.2. The van der Waals surface area contributed by atoms with Crippen molar-refractivity contribution < 1.29 is 19.0 Å². The molecule has 0 saturated carbocycles. The van der Waals surface area contributed by atoms with E-state index in [9.17, 15) is 4.79 Å². The lowest BCUT2D eigenvalue weighted by Gasteiger charge is -2.22. The van der Waals surface area contributed by atoms with Gasteiger partial charge in [-0.25, -0.2) is 0 Å². The van der Waals surface area contributed by atoms with Gasteiger partial charge in [0.2, 0.25) is 0 Å². The lowest BCUT2D eigenvalue weighted by Crippen LogP contribution is -2.35. The zero-order valence-electron chi connectivity index (χ0n) is 20.8. The number of benzene rings is 2. The summed E-state index contributed by atoms with van der Waals surface area (Å²) in [6.07, 6.45) is 7.52. The van der Waals surface area contributed by atoms with Crippen LogP contribution in [0.25, 0.3) is 0 Å². The lowest BCUT2D eigenvalue weighted by atomic mass is 10.0. The minimum absolute atomic E-state index is 0.131. The van der Waals surface area contributed by atoms with Crippen LogP contribution in [0.2, 0.25) is 0 Å². The van der Waals surface area contributed by atoms with Crippen molar-refractivity contribution in [2.24, 2.45) is 0 Å². The molecule has 2 aromatic carbocycles. The number of hydrogen-bond acceptors (Lipinski definition) is 5. The molecule has 0 bridgehead atoms. The van der Waals surface area contributed by atoms with Gasteiger partial charge in [0, 0.05) is 13.0 Å². The van der Waals surface area contributed by atoms with Crippen molar-refractivity contribution in [3.05, 3.63) is 59.7 Å². The normalized spacial score (nSPS) is 11.9. The molecule has 0 aliphatic heterocycles. The average Bonchev–Trinajstić information content (AvgIpc) is 2.81. The third kappa shape index (κ3) is 10.8. The van der Waals surface area contributed by atoms with E-state index < -0.39 is 0 Å². The molecule has 5 nitrogen and oxygen atoms in total. The third-order valence-corrected chi connectivity index (χ3v) is 5.57. The van der Waals surface area contributed by atoms with E-state index in [2.05, 4.69) is 25.1 Å². The molecule has 33 heavy (non-hydrogen) atoms. The lowest BCUT2D eigenvalue weighted by molar-refractivity contribution is -0.151. The minimum atomic E-state index is -0.297. The van der Waals surface area contributed by atoms with E-state index in [1.54, 1.807) is 7.11 Å². The van der Waals surface area contributed by atoms with Crippen molar-refractivity contribution in [1.82, 2.24) is 4.90 Å². The van der Waals surface area contributed by atoms with Crippen LogP contribution >= 0.6 is 0 Å². The first-order valence-corrected chi connectivity index (χ1v) is 12.2. The Morgan fingerprint density at radius 3 is 2.52 bits per heavy atom. The summed E-state index contributed by atoms with van der Waals surface area (Å²) in [7, 11) is 5.65. The van der Waals surface area contributed by atoms with Gasteiger partial charge in [-0.3, -0.25) is 4.79 Å². The molecule has 2 aromatic rings. The molecule has 2 rings (SSSR count). The molecule has 0 N–H and O–H groups in total. The first kappa shape index (κ1) is 26.7. The molecule has 1 atom stereocenters. The number of carbonyl (C=O) groups is 1. The fourth-order valence-electron chi connectivity index (χ4n) is 3.79. The molecule has 182 valence electrons. The molecule has 0 amide bonds. The highest BCUT2D eigenvalue weighted by Crippen LogP contribution is 2.22. The predicted molar refractivity (Wildman–Crippen MR) is 134 cm³/mol. The number of rotatable bonds is 16. The Morgan fingerprint density at radius 2 is 1.76 bits per heavy atom. The molecule has 0 aliphatic rings. The fourth-order valence-corrected chi connectivity index (χ4v) is 3.79. The Labute approximate surface area is 200 Å². The van der Waals surface area contributed by atoms with E-state index >= 15 is 0 Å². The second-order valence-corrected chi connectivity index (χ2v) is 8.81. The van der Waals surface area contributed by atoms with Crippen molar-refractivity contribution in [3.8, 4) is 11.5 Å². The quantitative estimate of drug-likeness (QED) is 0.240. The summed E-state index contributed by atoms with van der Waals surface area (Å²) in [5.74, 6) is 1.59. The van der Waals surface area contributed by atoms with Crippen LogP contribution in [-0.4, -0.2) is 51.3 Å². The molecule has 5 heteroatoms. The number of aryl methyl sites for hydroxylation is 2. The van der Waals surface area contributed by atoms with Crippen LogP contribution in [0.5, 0.6) is 11.5 Å². The first-order chi connectivity index (χ1) is 16.0. The van der Waals surface area contributed by atoms with E-state index in [0.717, 1.165) is 42.7 Å². The van der Waals surface area contributed by atoms with Gasteiger partial charge >= 0.3 is 5.97 Å². The molecule has 0 heterocycles. The summed E-state index contributed by atoms with van der Waals surface area (Å²) in [6, 6.07) is 16.2. The number of unbranched alkanes of at least 4 members (excludes halogenated alkanes) is 4. The van der Waals surface area contributed by atoms with Crippen molar-refractivity contribution in [3.63, 3.8) is 0 Å². The number of para-hydroxylation sites is 1. The Bertz CT molecular complexity index is 821. The topological polar surface area (TPSA) is 48.0 Å². The number of methoxy groups -OCH3 is 1. The van der Waals surface area contributed by atoms with Gasteiger partial charge in [-0.05, 0) is 62.7 Å². The van der Waals surface area contributed by atoms with E-state index in [0.29, 0.717) is 19.6 Å². The maximum Gasteiger partial charge on any atom is 0.306 e. The maximum atomic E-state index is 12.4. The Hall–Kier alpha value is -2.53. The van der Waals surface area contributed by atoms with Crippen LogP contribution in [0.4, 0.5) is 0 Å². The van der Waals surface area contributed by atoms with Crippen molar-refractivity contribution in [2.45, 2.75) is 64.4 Å². The summed E-state index contributed by atoms with van der Waals surface area (Å²) in [4.78, 5) is 14.4. The number of ether oxygens (including phenoxy) is 3. The maximum absolute atomic E-state index is 12.4. The van der Waals surface area contributed by atoms with Gasteiger partial charge in [0.1, 0.15) is 24.2 Å². The molecule has 0 unspecified atom stereocenters. The molecular formula is C28H41NO4. The molecule has 0 spiro atoms. The zero-order valence-corrected chi connectivity index (χ0v) is 20.8. The smallest absolute Gasteiger partial charge is 0.306 e. The number of likely N-dealkylation sites (N-methyl/N-ethyl adjacent to an activating group) is 1. The highest BCUT2D eigenvalue weighted by molar-refractivity contribution is 5.69. The Morgan fingerprint density at radius 1 is 0.970 bits per heavy atom. The Kier molecular flexibility index (Phi) is 12.4. The molecular weight excluding hydrogens is 414 g/mol. The van der Waals surface area contributed by atoms with Crippen molar-refractivity contribution in [1.29, 1.82) is 0 Å². The van der Waals surface area contributed by atoms with E-state index in [1.165, 1.54) is 24.8 Å². The highest BCUT2D eigenvalue weighted by atomic mass is 16.6. The molecule has 0 aliphatic carbocycles. The van der Waals surface area contributed by atoms with Gasteiger partial charge in [0.25, 0.3) is 0 Å². The molecule has 0 aromatic heterocycles. The van der Waals surface area contributed by atoms with Crippen LogP contribution in [0.15, 0.2) is 48.5 Å². The van der Waals surface area contributed by atoms with Gasteiger partial charge in [-0.2, -0.15) is 0 Å². The molecule has 0 saturated heterocycles. The molecule has 0 radical (unpaired) electrons. The number of hydrogen-bond donors (Lipinski definition) is 0. The zero-order chi connectivity index (χ0) is 23.9. The van der Waals surface area contributed by atoms with Crippen LogP contribution in [0.1, 0.15) is 56.6 Å². The SMILES string of the molecule is CCCCCCCC(=O)O[C@@H](COc1ccccc1CCc1cccc(OC)c1)CN(C)C. The van der Waals surface area contributed by atoms with Crippen LogP contribution in [0.3, 0.4) is 0 Å². The fraction of sp³-hybridized carbons (Fsp3) is 0.536. The van der Waals surface area contributed by atoms with Gasteiger partial charge < -0.3 is 19.1 Å². The Balaban J connectivity index is 1.90. The number of carbonyl (C=O) groups excluding carboxylic acids is 1. The predicted octanol–water partition coefficient (Wildman–Crippen LogP) is 5.69. The monoisotopic (exact) mass is 455 g/mol. The summed E-state index contributed by atoms with van der Waals surface area (Å²) >= 11 is 0. The van der Waals surface area contributed by atoms with Gasteiger partial charge in [0.05, 0.1) is 7.11 Å². The minimum Gasteiger partial charge on any atom is -0.497 e. The van der Waals surface area contributed by atoms with Crippen LogP contribution < -0.4 is 9.47 Å². The van der Waals surface area contributed by atoms with Crippen LogP contribution in [0, 0.1) is 0 Å². The summed E-state index contributed by atoms with van der Waals surface area (Å²) < 4.78 is 17.3. The van der Waals surface area contributed by atoms with Crippen molar-refractivity contribution in [2.75, 3.05) is 34.4 Å². The van der Waals surface area contributed by atoms with E-state index in [1.807, 2.05) is 49.3 Å². The van der Waals surface area contributed by atoms with E-state index in [-0.39, 0.29) is 12.1 Å². The van der Waals surface area contributed by atoms with E-state index in [4.69, 9.17) is 14.2 Å². The highest BCUT2D eigenvalue weighted by Gasteiger charge is 2.17. The number of nitrogens with zero attached hydrogens (tertiary/aromatic N) is 1. The van der Waals surface area contributed by atoms with Gasteiger partial charge in [-0.15, -0.1) is 0 Å². The summed E-state index contributed by atoms with van der Waals surface area (Å²) in [5.41, 5.74) is 2.37. The third-order valence-electron chi connectivity index (χ3n) is 5.57. The average molecular weight is 456 g/mol. The number of esters is 1. The van der Waals surface area contributed by atoms with Crippen molar-refractivity contribution >= 4 is 5.97 Å². The standard InChI is InChI=1S/C28H41NO4/c1-5-6-7-8-9-17-28(30)33-26(21-29(2)3)22-32-27-16-11-10-14-24(27)19-18-23-13-12-15-25(20-23)31-4/h10-16,20,26H,5-9,17-19,21-22H2,1-4H3/t26-/m1/s1. The summed E-state index contributed by atoms with van der Waals surface area (Å²) in [6.45, 7) is 3.17. The van der Waals surface area contributed by atoms with Gasteiger partial charge in [-0.1, -0.05) is 62.9 Å². The van der Waals surface area contributed by atoms with Crippen LogP contribution in [-0.2, 0) is 22.4 Å². The second kappa shape index (κ2) is 15.3.